The van der Waals surface area contributed by atoms with Gasteiger partial charge < -0.3 is 15.3 Å². The highest BCUT2D eigenvalue weighted by molar-refractivity contribution is 5.87. The van der Waals surface area contributed by atoms with E-state index in [4.69, 9.17) is 5.11 Å². The van der Waals surface area contributed by atoms with Gasteiger partial charge in [-0.05, 0) is 25.0 Å². The lowest BCUT2D eigenvalue weighted by atomic mass is 9.93. The quantitative estimate of drug-likeness (QED) is 0.849. The molecule has 7 nitrogen and oxygen atoms in total. The van der Waals surface area contributed by atoms with Crippen molar-refractivity contribution in [1.29, 1.82) is 0 Å². The summed E-state index contributed by atoms with van der Waals surface area (Å²) in [6.07, 6.45) is 2.93. The molecule has 1 aromatic heterocycles. The second-order valence-corrected chi connectivity index (χ2v) is 5.34. The third kappa shape index (κ3) is 4.03. The SMILES string of the molecule is CC(=O)NCC(=O)N1CCC(c2ccc(C(=O)O)cn2)CC1. The highest BCUT2D eigenvalue weighted by Crippen LogP contribution is 2.26. The number of carbonyl (C=O) groups is 3. The van der Waals surface area contributed by atoms with Crippen molar-refractivity contribution in [2.45, 2.75) is 25.7 Å². The van der Waals surface area contributed by atoms with Crippen molar-refractivity contribution >= 4 is 17.8 Å². The first-order valence-corrected chi connectivity index (χ1v) is 7.19. The Hall–Kier alpha value is -2.44. The minimum atomic E-state index is -0.988. The molecule has 0 aliphatic carbocycles. The van der Waals surface area contributed by atoms with E-state index in [1.807, 2.05) is 0 Å². The molecule has 0 bridgehead atoms. The van der Waals surface area contributed by atoms with Gasteiger partial charge in [0, 0.05) is 37.8 Å². The van der Waals surface area contributed by atoms with Crippen LogP contribution in [0.15, 0.2) is 18.3 Å². The summed E-state index contributed by atoms with van der Waals surface area (Å²) in [6.45, 7) is 2.65. The van der Waals surface area contributed by atoms with Crippen LogP contribution in [-0.2, 0) is 9.59 Å². The zero-order valence-electron chi connectivity index (χ0n) is 12.4. The first-order chi connectivity index (χ1) is 10.5. The maximum atomic E-state index is 11.9. The average molecular weight is 305 g/mol. The molecule has 22 heavy (non-hydrogen) atoms. The molecule has 2 N–H and O–H groups in total. The molecule has 7 heteroatoms. The van der Waals surface area contributed by atoms with E-state index in [1.165, 1.54) is 13.1 Å². The molecule has 2 amide bonds. The fourth-order valence-corrected chi connectivity index (χ4v) is 2.51. The van der Waals surface area contributed by atoms with E-state index in [0.29, 0.717) is 13.1 Å². The maximum absolute atomic E-state index is 11.9. The molecule has 1 fully saturated rings. The number of aromatic nitrogens is 1. The number of hydrogen-bond donors (Lipinski definition) is 2. The second-order valence-electron chi connectivity index (χ2n) is 5.34. The summed E-state index contributed by atoms with van der Waals surface area (Å²) < 4.78 is 0. The van der Waals surface area contributed by atoms with Crippen molar-refractivity contribution in [1.82, 2.24) is 15.2 Å². The van der Waals surface area contributed by atoms with Gasteiger partial charge in [-0.25, -0.2) is 4.79 Å². The third-order valence-corrected chi connectivity index (χ3v) is 3.79. The van der Waals surface area contributed by atoms with E-state index >= 15 is 0 Å². The lowest BCUT2D eigenvalue weighted by Crippen LogP contribution is -2.43. The summed E-state index contributed by atoms with van der Waals surface area (Å²) in [6, 6.07) is 3.29. The Kier molecular flexibility index (Phi) is 5.08. The zero-order chi connectivity index (χ0) is 16.1. The van der Waals surface area contributed by atoms with Gasteiger partial charge in [0.15, 0.2) is 0 Å². The van der Waals surface area contributed by atoms with E-state index < -0.39 is 5.97 Å². The van der Waals surface area contributed by atoms with E-state index in [1.54, 1.807) is 17.0 Å². The second kappa shape index (κ2) is 7.02. The maximum Gasteiger partial charge on any atom is 0.337 e. The number of likely N-dealkylation sites (tertiary alicyclic amines) is 1. The molecule has 0 spiro atoms. The molecule has 2 rings (SSSR count). The Morgan fingerprint density at radius 2 is 2.00 bits per heavy atom. The molecule has 1 aliphatic heterocycles. The topological polar surface area (TPSA) is 99.6 Å². The third-order valence-electron chi connectivity index (χ3n) is 3.79. The summed E-state index contributed by atoms with van der Waals surface area (Å²) in [5.41, 5.74) is 1.03. The van der Waals surface area contributed by atoms with E-state index in [9.17, 15) is 14.4 Å². The van der Waals surface area contributed by atoms with E-state index in [0.717, 1.165) is 18.5 Å². The molecule has 0 aromatic carbocycles. The summed E-state index contributed by atoms with van der Waals surface area (Å²) >= 11 is 0. The smallest absolute Gasteiger partial charge is 0.337 e. The predicted octanol–water partition coefficient (Wildman–Crippen LogP) is 0.622. The number of aromatic carboxylic acids is 1. The number of carboxylic acids is 1. The van der Waals surface area contributed by atoms with Crippen LogP contribution < -0.4 is 5.32 Å². The van der Waals surface area contributed by atoms with E-state index in [-0.39, 0.29) is 29.8 Å². The molecule has 0 unspecified atom stereocenters. The van der Waals surface area contributed by atoms with Gasteiger partial charge in [0.25, 0.3) is 0 Å². The normalized spacial score (nSPS) is 15.4. The molecular weight excluding hydrogens is 286 g/mol. The fraction of sp³-hybridized carbons (Fsp3) is 0.467. The van der Waals surface area contributed by atoms with Crippen LogP contribution in [0, 0.1) is 0 Å². The Balaban J connectivity index is 1.87. The number of pyridine rings is 1. The highest BCUT2D eigenvalue weighted by atomic mass is 16.4. The van der Waals surface area contributed by atoms with Crippen molar-refractivity contribution in [3.63, 3.8) is 0 Å². The van der Waals surface area contributed by atoms with Gasteiger partial charge in [-0.2, -0.15) is 0 Å². The lowest BCUT2D eigenvalue weighted by molar-refractivity contribution is -0.133. The van der Waals surface area contributed by atoms with Gasteiger partial charge in [0.05, 0.1) is 12.1 Å². The number of rotatable bonds is 4. The lowest BCUT2D eigenvalue weighted by Gasteiger charge is -2.31. The summed E-state index contributed by atoms with van der Waals surface area (Å²) in [4.78, 5) is 39.5. The Morgan fingerprint density at radius 3 is 2.50 bits per heavy atom. The van der Waals surface area contributed by atoms with Crippen molar-refractivity contribution in [2.75, 3.05) is 19.6 Å². The monoisotopic (exact) mass is 305 g/mol. The first kappa shape index (κ1) is 15.9. The van der Waals surface area contributed by atoms with Gasteiger partial charge in [-0.1, -0.05) is 0 Å². The Morgan fingerprint density at radius 1 is 1.32 bits per heavy atom. The number of piperidine rings is 1. The Labute approximate surface area is 128 Å². The van der Waals surface area contributed by atoms with Crippen LogP contribution in [0.3, 0.4) is 0 Å². The number of nitrogens with one attached hydrogen (secondary N) is 1. The van der Waals surface area contributed by atoms with Gasteiger partial charge >= 0.3 is 5.97 Å². The van der Waals surface area contributed by atoms with Crippen LogP contribution in [0.4, 0.5) is 0 Å². The summed E-state index contributed by atoms with van der Waals surface area (Å²) in [5.74, 6) is -1.06. The summed E-state index contributed by atoms with van der Waals surface area (Å²) in [7, 11) is 0. The van der Waals surface area contributed by atoms with Gasteiger partial charge in [0.1, 0.15) is 0 Å². The van der Waals surface area contributed by atoms with Crippen LogP contribution in [0.2, 0.25) is 0 Å². The van der Waals surface area contributed by atoms with Crippen LogP contribution in [0.25, 0.3) is 0 Å². The predicted molar refractivity (Wildman–Crippen MR) is 78.4 cm³/mol. The largest absolute Gasteiger partial charge is 0.478 e. The zero-order valence-corrected chi connectivity index (χ0v) is 12.4. The fourth-order valence-electron chi connectivity index (χ4n) is 2.51. The summed E-state index contributed by atoms with van der Waals surface area (Å²) in [5, 5.41) is 11.4. The van der Waals surface area contributed by atoms with E-state index in [2.05, 4.69) is 10.3 Å². The van der Waals surface area contributed by atoms with Crippen molar-refractivity contribution in [3.8, 4) is 0 Å². The molecule has 2 heterocycles. The molecule has 1 aliphatic rings. The molecule has 1 saturated heterocycles. The van der Waals surface area contributed by atoms with Crippen LogP contribution in [0.1, 0.15) is 41.7 Å². The Bertz CT molecular complexity index is 563. The first-order valence-electron chi connectivity index (χ1n) is 7.19. The number of amides is 2. The van der Waals surface area contributed by atoms with Crippen molar-refractivity contribution < 1.29 is 19.5 Å². The number of carboxylic acid groups (broad SMARTS) is 1. The van der Waals surface area contributed by atoms with Crippen LogP contribution in [-0.4, -0.2) is 52.4 Å². The molecule has 1 aromatic rings. The van der Waals surface area contributed by atoms with Gasteiger partial charge in [-0.15, -0.1) is 0 Å². The van der Waals surface area contributed by atoms with Crippen LogP contribution >= 0.6 is 0 Å². The average Bonchev–Trinajstić information content (AvgIpc) is 2.53. The number of nitrogens with zero attached hydrogens (tertiary/aromatic N) is 2. The minimum Gasteiger partial charge on any atom is -0.478 e. The molecule has 0 atom stereocenters. The van der Waals surface area contributed by atoms with Gasteiger partial charge in [-0.3, -0.25) is 14.6 Å². The van der Waals surface area contributed by atoms with Crippen molar-refractivity contribution in [3.05, 3.63) is 29.6 Å². The number of carbonyl (C=O) groups excluding carboxylic acids is 2. The number of hydrogen-bond acceptors (Lipinski definition) is 4. The molecule has 118 valence electrons. The van der Waals surface area contributed by atoms with Gasteiger partial charge in [0.2, 0.25) is 11.8 Å². The molecular formula is C15H19N3O4. The highest BCUT2D eigenvalue weighted by Gasteiger charge is 2.24. The molecule has 0 radical (unpaired) electrons. The van der Waals surface area contributed by atoms with Crippen LogP contribution in [0.5, 0.6) is 0 Å². The van der Waals surface area contributed by atoms with Crippen molar-refractivity contribution in [2.24, 2.45) is 0 Å². The standard InChI is InChI=1S/C15H19N3O4/c1-10(19)16-9-14(20)18-6-4-11(5-7-18)13-3-2-12(8-17-13)15(21)22/h2-3,8,11H,4-7,9H2,1H3,(H,16,19)(H,21,22). The minimum absolute atomic E-state index is 0.0333. The molecule has 0 saturated carbocycles.